The second-order valence-corrected chi connectivity index (χ2v) is 7.33. The molecular weight excluding hydrogens is 320 g/mol. The van der Waals surface area contributed by atoms with Gasteiger partial charge in [-0.25, -0.2) is 4.79 Å². The van der Waals surface area contributed by atoms with Gasteiger partial charge in [-0.3, -0.25) is 9.48 Å². The van der Waals surface area contributed by atoms with Crippen LogP contribution in [0.25, 0.3) is 0 Å². The minimum absolute atomic E-state index is 0.185. The van der Waals surface area contributed by atoms with Crippen LogP contribution in [0.2, 0.25) is 0 Å². The van der Waals surface area contributed by atoms with Gasteiger partial charge < -0.3 is 15.7 Å². The summed E-state index contributed by atoms with van der Waals surface area (Å²) >= 11 is 0. The lowest BCUT2D eigenvalue weighted by molar-refractivity contribution is -0.139. The van der Waals surface area contributed by atoms with Crippen LogP contribution in [-0.2, 0) is 11.8 Å². The molecule has 7 heteroatoms. The van der Waals surface area contributed by atoms with Crippen LogP contribution < -0.4 is 10.6 Å². The fourth-order valence-corrected chi connectivity index (χ4v) is 4.02. The van der Waals surface area contributed by atoms with Crippen LogP contribution in [0.15, 0.2) is 6.07 Å². The average Bonchev–Trinajstić information content (AvgIpc) is 3.24. The molecule has 1 aromatic rings. The first kappa shape index (κ1) is 17.9. The number of amides is 1. The Morgan fingerprint density at radius 1 is 1.32 bits per heavy atom. The van der Waals surface area contributed by atoms with Crippen LogP contribution >= 0.6 is 0 Å². The van der Waals surface area contributed by atoms with Gasteiger partial charge in [0.15, 0.2) is 0 Å². The zero-order valence-corrected chi connectivity index (χ0v) is 14.8. The molecule has 2 heterocycles. The van der Waals surface area contributed by atoms with Gasteiger partial charge in [-0.1, -0.05) is 32.1 Å². The summed E-state index contributed by atoms with van der Waals surface area (Å²) in [5, 5.41) is 20.0. The third kappa shape index (κ3) is 4.39. The zero-order valence-electron chi connectivity index (χ0n) is 14.8. The second-order valence-electron chi connectivity index (χ2n) is 7.33. The Morgan fingerprint density at radius 2 is 2.08 bits per heavy atom. The second kappa shape index (κ2) is 7.99. The van der Waals surface area contributed by atoms with E-state index in [0.717, 1.165) is 50.8 Å². The van der Waals surface area contributed by atoms with Gasteiger partial charge in [0.2, 0.25) is 0 Å². The van der Waals surface area contributed by atoms with Crippen molar-refractivity contribution in [2.24, 2.45) is 13.0 Å². The lowest BCUT2D eigenvalue weighted by Gasteiger charge is -2.25. The Labute approximate surface area is 148 Å². The molecule has 2 fully saturated rings. The maximum Gasteiger partial charge on any atom is 0.326 e. The molecule has 1 amide bonds. The maximum atomic E-state index is 12.6. The van der Waals surface area contributed by atoms with E-state index in [2.05, 4.69) is 15.7 Å². The number of nitrogens with one attached hydrogen (secondary N) is 2. The van der Waals surface area contributed by atoms with Crippen molar-refractivity contribution in [3.8, 4) is 0 Å². The van der Waals surface area contributed by atoms with E-state index in [0.29, 0.717) is 18.0 Å². The number of carboxylic acids is 1. The molecule has 1 aliphatic carbocycles. The van der Waals surface area contributed by atoms with Crippen molar-refractivity contribution in [1.29, 1.82) is 0 Å². The predicted octanol–water partition coefficient (Wildman–Crippen LogP) is 2.00. The number of rotatable bonds is 6. The number of aryl methyl sites for hydroxylation is 1. The highest BCUT2D eigenvalue weighted by molar-refractivity contribution is 5.95. The van der Waals surface area contributed by atoms with Crippen molar-refractivity contribution in [3.05, 3.63) is 17.5 Å². The highest BCUT2D eigenvalue weighted by atomic mass is 16.4. The van der Waals surface area contributed by atoms with Gasteiger partial charge >= 0.3 is 5.97 Å². The topological polar surface area (TPSA) is 96.3 Å². The number of hydrogen-bond acceptors (Lipinski definition) is 4. The van der Waals surface area contributed by atoms with Gasteiger partial charge in [0.25, 0.3) is 5.91 Å². The Bertz CT molecular complexity index is 616. The molecule has 7 nitrogen and oxygen atoms in total. The monoisotopic (exact) mass is 348 g/mol. The van der Waals surface area contributed by atoms with Crippen molar-refractivity contribution in [1.82, 2.24) is 20.4 Å². The molecule has 3 rings (SSSR count). The lowest BCUT2D eigenvalue weighted by Crippen LogP contribution is -2.42. The van der Waals surface area contributed by atoms with Crippen molar-refractivity contribution in [3.63, 3.8) is 0 Å². The SMILES string of the molecule is Cn1nc(C2CCCN2)cc1C(=O)N[C@@H](CC1CCCCC1)C(=O)O. The summed E-state index contributed by atoms with van der Waals surface area (Å²) in [6.45, 7) is 0.964. The largest absolute Gasteiger partial charge is 0.480 e. The van der Waals surface area contributed by atoms with Crippen LogP contribution in [0.4, 0.5) is 0 Å². The first-order chi connectivity index (χ1) is 12.0. The Hall–Kier alpha value is -1.89. The molecule has 1 saturated heterocycles. The van der Waals surface area contributed by atoms with Gasteiger partial charge in [-0.05, 0) is 37.8 Å². The molecule has 1 saturated carbocycles. The number of aliphatic carboxylic acids is 1. The number of carbonyl (C=O) groups excluding carboxylic acids is 1. The number of nitrogens with zero attached hydrogens (tertiary/aromatic N) is 2. The fourth-order valence-electron chi connectivity index (χ4n) is 4.02. The molecular formula is C18H28N4O3. The molecule has 1 unspecified atom stereocenters. The summed E-state index contributed by atoms with van der Waals surface area (Å²) in [6.07, 6.45) is 8.28. The Kier molecular flexibility index (Phi) is 5.73. The normalized spacial score (nSPS) is 22.7. The molecule has 2 aliphatic rings. The number of hydrogen-bond donors (Lipinski definition) is 3. The fraction of sp³-hybridized carbons (Fsp3) is 0.722. The zero-order chi connectivity index (χ0) is 17.8. The summed E-state index contributed by atoms with van der Waals surface area (Å²) in [4.78, 5) is 24.2. The van der Waals surface area contributed by atoms with Crippen LogP contribution in [0.3, 0.4) is 0 Å². The summed E-state index contributed by atoms with van der Waals surface area (Å²) in [6, 6.07) is 1.13. The summed E-state index contributed by atoms with van der Waals surface area (Å²) < 4.78 is 1.55. The molecule has 0 spiro atoms. The van der Waals surface area contributed by atoms with Gasteiger partial charge in [0.05, 0.1) is 11.7 Å². The van der Waals surface area contributed by atoms with Crippen molar-refractivity contribution in [2.45, 2.75) is 63.5 Å². The lowest BCUT2D eigenvalue weighted by atomic mass is 9.85. The smallest absolute Gasteiger partial charge is 0.326 e. The van der Waals surface area contributed by atoms with Crippen LogP contribution in [0.1, 0.15) is 73.6 Å². The highest BCUT2D eigenvalue weighted by Crippen LogP contribution is 2.27. The van der Waals surface area contributed by atoms with Crippen LogP contribution in [0, 0.1) is 5.92 Å². The minimum Gasteiger partial charge on any atom is -0.480 e. The van der Waals surface area contributed by atoms with E-state index in [4.69, 9.17) is 0 Å². The molecule has 1 aliphatic heterocycles. The summed E-state index contributed by atoms with van der Waals surface area (Å²) in [5.74, 6) is -0.929. The Balaban J connectivity index is 1.65. The molecule has 25 heavy (non-hydrogen) atoms. The molecule has 1 aromatic heterocycles. The van der Waals surface area contributed by atoms with E-state index >= 15 is 0 Å². The number of carboxylic acid groups (broad SMARTS) is 1. The maximum absolute atomic E-state index is 12.6. The van der Waals surface area contributed by atoms with Gasteiger partial charge in [-0.2, -0.15) is 5.10 Å². The number of aromatic nitrogens is 2. The molecule has 3 N–H and O–H groups in total. The van der Waals surface area contributed by atoms with Crippen LogP contribution in [-0.4, -0.2) is 39.4 Å². The highest BCUT2D eigenvalue weighted by Gasteiger charge is 2.28. The number of carbonyl (C=O) groups is 2. The minimum atomic E-state index is -0.959. The molecule has 0 bridgehead atoms. The van der Waals surface area contributed by atoms with E-state index in [1.54, 1.807) is 17.8 Å². The van der Waals surface area contributed by atoms with Crippen molar-refractivity contribution < 1.29 is 14.7 Å². The van der Waals surface area contributed by atoms with Crippen molar-refractivity contribution >= 4 is 11.9 Å². The predicted molar refractivity (Wildman–Crippen MR) is 93.3 cm³/mol. The average molecular weight is 348 g/mol. The van der Waals surface area contributed by atoms with E-state index in [1.165, 1.54) is 6.42 Å². The van der Waals surface area contributed by atoms with Gasteiger partial charge in [0.1, 0.15) is 11.7 Å². The summed E-state index contributed by atoms with van der Waals surface area (Å²) in [5.41, 5.74) is 1.27. The van der Waals surface area contributed by atoms with E-state index in [9.17, 15) is 14.7 Å². The molecule has 0 radical (unpaired) electrons. The van der Waals surface area contributed by atoms with Gasteiger partial charge in [-0.15, -0.1) is 0 Å². The molecule has 0 aromatic carbocycles. The van der Waals surface area contributed by atoms with Crippen LogP contribution in [0.5, 0.6) is 0 Å². The van der Waals surface area contributed by atoms with E-state index in [1.807, 2.05) is 0 Å². The quantitative estimate of drug-likeness (QED) is 0.731. The third-order valence-electron chi connectivity index (χ3n) is 5.45. The first-order valence-electron chi connectivity index (χ1n) is 9.35. The van der Waals surface area contributed by atoms with E-state index < -0.39 is 12.0 Å². The van der Waals surface area contributed by atoms with Gasteiger partial charge in [0, 0.05) is 7.05 Å². The Morgan fingerprint density at radius 3 is 2.72 bits per heavy atom. The third-order valence-corrected chi connectivity index (χ3v) is 5.45. The standard InChI is InChI=1S/C18H28N4O3/c1-22-16(11-14(21-22)13-8-5-9-19-13)17(23)20-15(18(24)25)10-12-6-3-2-4-7-12/h11-13,15,19H,2-10H2,1H3,(H,20,23)(H,24,25)/t13?,15-/m0/s1. The summed E-state index contributed by atoms with van der Waals surface area (Å²) in [7, 11) is 1.73. The van der Waals surface area contributed by atoms with Crippen molar-refractivity contribution in [2.75, 3.05) is 6.54 Å². The molecule has 138 valence electrons. The first-order valence-corrected chi connectivity index (χ1v) is 9.35. The molecule has 2 atom stereocenters. The van der Waals surface area contributed by atoms with E-state index in [-0.39, 0.29) is 11.9 Å².